The Hall–Kier alpha value is -2.37. The molecule has 1 heterocycles. The third kappa shape index (κ3) is 3.75. The Balaban J connectivity index is 1.65. The minimum absolute atomic E-state index is 0.129. The molecule has 3 atom stereocenters. The Labute approximate surface area is 141 Å². The van der Waals surface area contributed by atoms with E-state index in [1.807, 2.05) is 49.4 Å². The quantitative estimate of drug-likeness (QED) is 0.761. The van der Waals surface area contributed by atoms with E-state index < -0.39 is 11.9 Å². The molecule has 1 saturated heterocycles. The molecular formula is C19H22N2O3. The smallest absolute Gasteiger partial charge is 0.310 e. The van der Waals surface area contributed by atoms with Crippen molar-refractivity contribution in [1.82, 2.24) is 10.9 Å². The van der Waals surface area contributed by atoms with Crippen LogP contribution in [-0.4, -0.2) is 23.7 Å². The monoisotopic (exact) mass is 326 g/mol. The Kier molecular flexibility index (Phi) is 5.13. The van der Waals surface area contributed by atoms with Crippen LogP contribution in [0.15, 0.2) is 54.6 Å². The number of benzene rings is 2. The summed E-state index contributed by atoms with van der Waals surface area (Å²) in [4.78, 5) is 11.5. The Bertz CT molecular complexity index is 690. The van der Waals surface area contributed by atoms with Gasteiger partial charge in [-0.1, -0.05) is 42.5 Å². The summed E-state index contributed by atoms with van der Waals surface area (Å²) in [6.07, 6.45) is 0.836. The van der Waals surface area contributed by atoms with Crippen LogP contribution in [-0.2, 0) is 11.2 Å². The maximum absolute atomic E-state index is 11.5. The van der Waals surface area contributed by atoms with Gasteiger partial charge in [0.05, 0.1) is 18.6 Å². The number of hydrogen-bond donors (Lipinski definition) is 3. The summed E-state index contributed by atoms with van der Waals surface area (Å²) in [7, 11) is 0. The highest BCUT2D eigenvalue weighted by atomic mass is 16.5. The zero-order valence-corrected chi connectivity index (χ0v) is 13.6. The molecule has 126 valence electrons. The Morgan fingerprint density at radius 3 is 2.67 bits per heavy atom. The molecule has 5 heteroatoms. The van der Waals surface area contributed by atoms with Gasteiger partial charge in [0.15, 0.2) is 0 Å². The molecule has 1 aliphatic heterocycles. The number of ether oxygens (including phenoxy) is 1. The van der Waals surface area contributed by atoms with Gasteiger partial charge in [0.2, 0.25) is 0 Å². The number of hydrogen-bond acceptors (Lipinski definition) is 4. The second-order valence-electron chi connectivity index (χ2n) is 6.08. The molecule has 0 radical (unpaired) electrons. The first kappa shape index (κ1) is 16.5. The molecule has 0 aliphatic carbocycles. The first-order valence-corrected chi connectivity index (χ1v) is 8.15. The minimum Gasteiger partial charge on any atom is -0.493 e. The van der Waals surface area contributed by atoms with Gasteiger partial charge in [0.25, 0.3) is 0 Å². The molecule has 0 bridgehead atoms. The summed E-state index contributed by atoms with van der Waals surface area (Å²) in [6.45, 7) is 2.45. The molecule has 3 N–H and O–H groups in total. The molecule has 1 fully saturated rings. The standard InChI is InChI=1S/C19H22N2O3/c1-13-17(19(22)23)18(21-20-13)15-8-5-9-16(12-15)24-11-10-14-6-3-2-4-7-14/h2-9,12-13,17-18,20-21H,10-11H2,1H3,(H,22,23). The van der Waals surface area contributed by atoms with Crippen LogP contribution in [0.5, 0.6) is 5.75 Å². The number of carbonyl (C=O) groups is 1. The van der Waals surface area contributed by atoms with Gasteiger partial charge in [-0.05, 0) is 30.2 Å². The molecule has 0 saturated carbocycles. The van der Waals surface area contributed by atoms with Crippen molar-refractivity contribution in [2.24, 2.45) is 5.92 Å². The summed E-state index contributed by atoms with van der Waals surface area (Å²) < 4.78 is 5.84. The molecule has 5 nitrogen and oxygen atoms in total. The highest BCUT2D eigenvalue weighted by molar-refractivity contribution is 5.72. The molecule has 0 amide bonds. The molecule has 3 rings (SSSR count). The molecule has 0 spiro atoms. The van der Waals surface area contributed by atoms with E-state index in [1.165, 1.54) is 5.56 Å². The molecule has 1 aliphatic rings. The van der Waals surface area contributed by atoms with E-state index in [0.29, 0.717) is 6.61 Å². The zero-order chi connectivity index (χ0) is 16.9. The lowest BCUT2D eigenvalue weighted by molar-refractivity contribution is -0.142. The van der Waals surface area contributed by atoms with Crippen LogP contribution in [0.2, 0.25) is 0 Å². The van der Waals surface area contributed by atoms with Crippen molar-refractivity contribution in [3.05, 3.63) is 65.7 Å². The summed E-state index contributed by atoms with van der Waals surface area (Å²) in [5.74, 6) is -0.557. The molecule has 2 aromatic carbocycles. The number of rotatable bonds is 6. The van der Waals surface area contributed by atoms with Crippen molar-refractivity contribution in [3.8, 4) is 5.75 Å². The van der Waals surface area contributed by atoms with E-state index in [2.05, 4.69) is 23.0 Å². The zero-order valence-electron chi connectivity index (χ0n) is 13.6. The van der Waals surface area contributed by atoms with Gasteiger partial charge in [-0.25, -0.2) is 5.43 Å². The molecular weight excluding hydrogens is 304 g/mol. The van der Waals surface area contributed by atoms with Crippen molar-refractivity contribution in [2.75, 3.05) is 6.61 Å². The normalized spacial score (nSPS) is 23.1. The van der Waals surface area contributed by atoms with Crippen LogP contribution >= 0.6 is 0 Å². The first-order chi connectivity index (χ1) is 11.6. The average molecular weight is 326 g/mol. The molecule has 24 heavy (non-hydrogen) atoms. The van der Waals surface area contributed by atoms with Crippen LogP contribution in [0.1, 0.15) is 24.1 Å². The van der Waals surface area contributed by atoms with Gasteiger partial charge in [-0.3, -0.25) is 10.2 Å². The van der Waals surface area contributed by atoms with E-state index >= 15 is 0 Å². The van der Waals surface area contributed by atoms with Gasteiger partial charge in [-0.15, -0.1) is 0 Å². The third-order valence-corrected chi connectivity index (χ3v) is 4.37. The van der Waals surface area contributed by atoms with Gasteiger partial charge in [0, 0.05) is 12.5 Å². The predicted molar refractivity (Wildman–Crippen MR) is 91.7 cm³/mol. The van der Waals surface area contributed by atoms with E-state index in [1.54, 1.807) is 0 Å². The fourth-order valence-electron chi connectivity index (χ4n) is 3.07. The average Bonchev–Trinajstić information content (AvgIpc) is 2.98. The van der Waals surface area contributed by atoms with Crippen LogP contribution < -0.4 is 15.6 Å². The summed E-state index contributed by atoms with van der Waals surface area (Å²) in [5.41, 5.74) is 8.23. The lowest BCUT2D eigenvalue weighted by Crippen LogP contribution is -2.30. The lowest BCUT2D eigenvalue weighted by Gasteiger charge is -2.18. The minimum atomic E-state index is -0.805. The number of hydrazine groups is 1. The van der Waals surface area contributed by atoms with Gasteiger partial charge < -0.3 is 9.84 Å². The fraction of sp³-hybridized carbons (Fsp3) is 0.316. The van der Waals surface area contributed by atoms with E-state index in [9.17, 15) is 9.90 Å². The predicted octanol–water partition coefficient (Wildman–Crippen LogP) is 2.55. The second kappa shape index (κ2) is 7.47. The number of aliphatic carboxylic acids is 1. The van der Waals surface area contributed by atoms with Crippen molar-refractivity contribution in [1.29, 1.82) is 0 Å². The highest BCUT2D eigenvalue weighted by Gasteiger charge is 2.39. The van der Waals surface area contributed by atoms with Crippen molar-refractivity contribution >= 4 is 5.97 Å². The van der Waals surface area contributed by atoms with E-state index in [0.717, 1.165) is 17.7 Å². The van der Waals surface area contributed by atoms with E-state index in [4.69, 9.17) is 4.74 Å². The fourth-order valence-corrected chi connectivity index (χ4v) is 3.07. The second-order valence-corrected chi connectivity index (χ2v) is 6.08. The van der Waals surface area contributed by atoms with Gasteiger partial charge >= 0.3 is 5.97 Å². The third-order valence-electron chi connectivity index (χ3n) is 4.37. The summed E-state index contributed by atoms with van der Waals surface area (Å²) >= 11 is 0. The number of nitrogens with one attached hydrogen (secondary N) is 2. The molecule has 2 aromatic rings. The highest BCUT2D eigenvalue weighted by Crippen LogP contribution is 2.30. The molecule has 0 aromatic heterocycles. The maximum Gasteiger partial charge on any atom is 0.310 e. The lowest BCUT2D eigenvalue weighted by atomic mass is 9.90. The Morgan fingerprint density at radius 2 is 1.92 bits per heavy atom. The van der Waals surface area contributed by atoms with Gasteiger partial charge in [-0.2, -0.15) is 0 Å². The van der Waals surface area contributed by atoms with Crippen LogP contribution in [0.4, 0.5) is 0 Å². The van der Waals surface area contributed by atoms with Crippen LogP contribution in [0, 0.1) is 5.92 Å². The van der Waals surface area contributed by atoms with Crippen LogP contribution in [0.25, 0.3) is 0 Å². The summed E-state index contributed by atoms with van der Waals surface area (Å²) in [6, 6.07) is 17.4. The van der Waals surface area contributed by atoms with Crippen molar-refractivity contribution in [3.63, 3.8) is 0 Å². The van der Waals surface area contributed by atoms with E-state index in [-0.39, 0.29) is 12.1 Å². The van der Waals surface area contributed by atoms with Crippen LogP contribution in [0.3, 0.4) is 0 Å². The molecule has 3 unspecified atom stereocenters. The largest absolute Gasteiger partial charge is 0.493 e. The number of carboxylic acids is 1. The van der Waals surface area contributed by atoms with Gasteiger partial charge in [0.1, 0.15) is 5.75 Å². The number of carboxylic acid groups (broad SMARTS) is 1. The summed E-state index contributed by atoms with van der Waals surface area (Å²) in [5, 5.41) is 9.44. The maximum atomic E-state index is 11.5. The van der Waals surface area contributed by atoms with Crippen molar-refractivity contribution in [2.45, 2.75) is 25.4 Å². The first-order valence-electron chi connectivity index (χ1n) is 8.15. The topological polar surface area (TPSA) is 70.6 Å². The SMILES string of the molecule is CC1NNC(c2cccc(OCCc3ccccc3)c2)C1C(=O)O. The Morgan fingerprint density at radius 1 is 1.12 bits per heavy atom. The van der Waals surface area contributed by atoms with Crippen molar-refractivity contribution < 1.29 is 14.6 Å².